The molecule has 19 heavy (non-hydrogen) atoms. The number of hydrogen-bond acceptors (Lipinski definition) is 4. The van der Waals surface area contributed by atoms with E-state index < -0.39 is 0 Å². The molecule has 0 fully saturated rings. The predicted molar refractivity (Wildman–Crippen MR) is 78.3 cm³/mol. The maximum Gasteiger partial charge on any atom is 0.236 e. The van der Waals surface area contributed by atoms with Gasteiger partial charge in [-0.3, -0.25) is 0 Å². The van der Waals surface area contributed by atoms with Crippen LogP contribution in [-0.4, -0.2) is 48.9 Å². The highest BCUT2D eigenvalue weighted by Gasteiger charge is 2.08. The summed E-state index contributed by atoms with van der Waals surface area (Å²) in [4.78, 5) is 14.0. The zero-order valence-corrected chi connectivity index (χ0v) is 12.4. The third-order valence-electron chi connectivity index (χ3n) is 2.47. The fourth-order valence-corrected chi connectivity index (χ4v) is 2.38. The molecule has 2 rings (SSSR count). The van der Waals surface area contributed by atoms with Crippen molar-refractivity contribution >= 4 is 17.3 Å². The molecule has 0 saturated carbocycles. The van der Waals surface area contributed by atoms with Crippen LogP contribution in [0.3, 0.4) is 0 Å². The lowest BCUT2D eigenvalue weighted by Gasteiger charge is -2.22. The van der Waals surface area contributed by atoms with Crippen molar-refractivity contribution in [3.63, 3.8) is 0 Å². The number of aliphatic imine (C=N–C) groups is 1. The quantitative estimate of drug-likeness (QED) is 0.639. The second-order valence-electron chi connectivity index (χ2n) is 4.53. The summed E-state index contributed by atoms with van der Waals surface area (Å²) in [5.41, 5.74) is 0.838. The molecule has 0 aliphatic rings. The Hall–Kier alpha value is -1.82. The molecular weight excluding hydrogens is 260 g/mol. The summed E-state index contributed by atoms with van der Waals surface area (Å²) in [5.74, 6) is 1.57. The van der Waals surface area contributed by atoms with Crippen molar-refractivity contribution in [2.45, 2.75) is 6.54 Å². The summed E-state index contributed by atoms with van der Waals surface area (Å²) < 4.78 is 5.47. The molecule has 0 radical (unpaired) electrons. The maximum absolute atomic E-state index is 5.47. The molecule has 2 heterocycles. The van der Waals surface area contributed by atoms with Crippen LogP contribution in [0.25, 0.3) is 10.8 Å². The summed E-state index contributed by atoms with van der Waals surface area (Å²) in [5, 5.41) is 2.01. The van der Waals surface area contributed by atoms with Gasteiger partial charge in [0.15, 0.2) is 5.96 Å². The van der Waals surface area contributed by atoms with E-state index in [1.165, 1.54) is 0 Å². The highest BCUT2D eigenvalue weighted by Crippen LogP contribution is 2.23. The van der Waals surface area contributed by atoms with E-state index in [1.807, 2.05) is 55.5 Å². The summed E-state index contributed by atoms with van der Waals surface area (Å²) >= 11 is 1.62. The minimum absolute atomic E-state index is 0.514. The number of rotatable bonds is 3. The van der Waals surface area contributed by atoms with Gasteiger partial charge < -0.3 is 14.2 Å². The largest absolute Gasteiger partial charge is 0.443 e. The molecule has 0 saturated heterocycles. The van der Waals surface area contributed by atoms with E-state index in [4.69, 9.17) is 4.42 Å². The Morgan fingerprint density at radius 1 is 1.32 bits per heavy atom. The van der Waals surface area contributed by atoms with Crippen molar-refractivity contribution in [1.82, 2.24) is 14.8 Å². The number of thiophene rings is 1. The number of aromatic nitrogens is 1. The van der Waals surface area contributed by atoms with E-state index in [2.05, 4.69) is 9.98 Å². The summed E-state index contributed by atoms with van der Waals surface area (Å²) in [6, 6.07) is 3.98. The van der Waals surface area contributed by atoms with Crippen LogP contribution in [0.5, 0.6) is 0 Å². The first-order valence-corrected chi connectivity index (χ1v) is 6.83. The Balaban J connectivity index is 2.10. The summed E-state index contributed by atoms with van der Waals surface area (Å²) in [7, 11) is 7.88. The van der Waals surface area contributed by atoms with Crippen LogP contribution in [-0.2, 0) is 6.54 Å². The molecule has 102 valence electrons. The smallest absolute Gasteiger partial charge is 0.236 e. The molecule has 0 atom stereocenters. The lowest BCUT2D eigenvalue weighted by molar-refractivity contribution is 0.479. The average Bonchev–Trinajstić information content (AvgIpc) is 2.98. The molecular formula is C13H18N4OS. The molecule has 2 aromatic rings. The molecule has 2 aromatic heterocycles. The number of hydrogen-bond donors (Lipinski definition) is 0. The van der Waals surface area contributed by atoms with E-state index >= 15 is 0 Å². The van der Waals surface area contributed by atoms with Crippen LogP contribution in [0.2, 0.25) is 0 Å². The molecule has 0 aliphatic carbocycles. The van der Waals surface area contributed by atoms with Crippen molar-refractivity contribution in [1.29, 1.82) is 0 Å². The van der Waals surface area contributed by atoms with E-state index in [0.717, 1.165) is 16.5 Å². The van der Waals surface area contributed by atoms with Gasteiger partial charge in [0.1, 0.15) is 12.0 Å². The van der Waals surface area contributed by atoms with Crippen molar-refractivity contribution in [3.05, 3.63) is 29.5 Å². The van der Waals surface area contributed by atoms with Crippen molar-refractivity contribution in [2.75, 3.05) is 28.2 Å². The second-order valence-corrected chi connectivity index (χ2v) is 5.47. The Morgan fingerprint density at radius 3 is 2.63 bits per heavy atom. The predicted octanol–water partition coefficient (Wildman–Crippen LogP) is 2.38. The monoisotopic (exact) mass is 278 g/mol. The van der Waals surface area contributed by atoms with E-state index in [0.29, 0.717) is 12.4 Å². The van der Waals surface area contributed by atoms with Crippen molar-refractivity contribution < 1.29 is 4.42 Å². The van der Waals surface area contributed by atoms with Gasteiger partial charge in [-0.25, -0.2) is 9.98 Å². The molecule has 0 aromatic carbocycles. The molecule has 0 bridgehead atoms. The van der Waals surface area contributed by atoms with Gasteiger partial charge in [0.05, 0.1) is 11.4 Å². The molecule has 0 unspecified atom stereocenters. The first-order chi connectivity index (χ1) is 9.08. The van der Waals surface area contributed by atoms with Crippen LogP contribution >= 0.6 is 11.3 Å². The van der Waals surface area contributed by atoms with Crippen LogP contribution < -0.4 is 0 Å². The number of oxazole rings is 1. The zero-order valence-electron chi connectivity index (χ0n) is 11.6. The molecule has 6 heteroatoms. The topological polar surface area (TPSA) is 44.9 Å². The highest BCUT2D eigenvalue weighted by atomic mass is 32.1. The zero-order chi connectivity index (χ0) is 13.8. The first-order valence-electron chi connectivity index (χ1n) is 5.95. The van der Waals surface area contributed by atoms with Crippen LogP contribution in [0, 0.1) is 0 Å². The Kier molecular flexibility index (Phi) is 4.21. The van der Waals surface area contributed by atoms with Crippen LogP contribution in [0.1, 0.15) is 5.69 Å². The summed E-state index contributed by atoms with van der Waals surface area (Å²) in [6.45, 7) is 0.514. The second kappa shape index (κ2) is 5.88. The van der Waals surface area contributed by atoms with Gasteiger partial charge in [-0.2, -0.15) is 0 Å². The number of guanidine groups is 1. The molecule has 0 amide bonds. The maximum atomic E-state index is 5.47. The van der Waals surface area contributed by atoms with Gasteiger partial charge in [0.2, 0.25) is 5.89 Å². The minimum atomic E-state index is 0.514. The first kappa shape index (κ1) is 13.6. The average molecular weight is 278 g/mol. The Morgan fingerprint density at radius 2 is 2.05 bits per heavy atom. The van der Waals surface area contributed by atoms with Crippen LogP contribution in [0.15, 0.2) is 33.2 Å². The fraction of sp³-hybridized carbons (Fsp3) is 0.385. The Bertz CT molecular complexity index is 533. The third kappa shape index (κ3) is 3.35. The van der Waals surface area contributed by atoms with E-state index in [1.54, 1.807) is 17.6 Å². The van der Waals surface area contributed by atoms with Gasteiger partial charge in [-0.15, -0.1) is 11.3 Å². The highest BCUT2D eigenvalue weighted by molar-refractivity contribution is 7.13. The SMILES string of the molecule is CN(C)C(=NCc1coc(-c2cccs2)n1)N(C)C. The van der Waals surface area contributed by atoms with E-state index in [9.17, 15) is 0 Å². The molecule has 0 spiro atoms. The molecule has 5 nitrogen and oxygen atoms in total. The standard InChI is InChI=1S/C13H18N4OS/c1-16(2)13(17(3)4)14-8-10-9-18-12(15-10)11-6-5-7-19-11/h5-7,9H,8H2,1-4H3. The normalized spacial score (nSPS) is 10.3. The fourth-order valence-electron chi connectivity index (χ4n) is 1.73. The molecule has 0 N–H and O–H groups in total. The Labute approximate surface area is 117 Å². The minimum Gasteiger partial charge on any atom is -0.443 e. The van der Waals surface area contributed by atoms with Gasteiger partial charge in [-0.05, 0) is 11.4 Å². The van der Waals surface area contributed by atoms with Gasteiger partial charge >= 0.3 is 0 Å². The van der Waals surface area contributed by atoms with E-state index in [-0.39, 0.29) is 0 Å². The summed E-state index contributed by atoms with van der Waals surface area (Å²) in [6.07, 6.45) is 1.67. The lowest BCUT2D eigenvalue weighted by Crippen LogP contribution is -2.35. The third-order valence-corrected chi connectivity index (χ3v) is 3.32. The molecule has 0 aliphatic heterocycles. The van der Waals surface area contributed by atoms with Crippen molar-refractivity contribution in [3.8, 4) is 10.8 Å². The lowest BCUT2D eigenvalue weighted by atomic mass is 10.4. The van der Waals surface area contributed by atoms with Crippen LogP contribution in [0.4, 0.5) is 0 Å². The number of nitrogens with zero attached hydrogens (tertiary/aromatic N) is 4. The van der Waals surface area contributed by atoms with Gasteiger partial charge in [0.25, 0.3) is 0 Å². The van der Waals surface area contributed by atoms with Gasteiger partial charge in [-0.1, -0.05) is 6.07 Å². The van der Waals surface area contributed by atoms with Gasteiger partial charge in [0, 0.05) is 28.2 Å². The van der Waals surface area contributed by atoms with Crippen molar-refractivity contribution in [2.24, 2.45) is 4.99 Å².